The van der Waals surface area contributed by atoms with E-state index < -0.39 is 16.1 Å². The van der Waals surface area contributed by atoms with E-state index in [2.05, 4.69) is 29.1 Å². The normalized spacial score (nSPS) is 25.5. The van der Waals surface area contributed by atoms with E-state index in [1.807, 2.05) is 0 Å². The number of aromatic amines is 1. The molecule has 0 bridgehead atoms. The highest BCUT2D eigenvalue weighted by Crippen LogP contribution is 2.28. The zero-order valence-electron chi connectivity index (χ0n) is 13.5. The fourth-order valence-electron chi connectivity index (χ4n) is 2.93. The lowest BCUT2D eigenvalue weighted by molar-refractivity contribution is -0.00698. The SMILES string of the molecule is CC1(C)CNC(=O)c2nc([C@@H]3CN(S(C)(=O)=O)CCO3)[nH]c2C1. The number of rotatable bonds is 2. The number of morpholine rings is 1. The molecule has 1 fully saturated rings. The number of aromatic nitrogens is 2. The summed E-state index contributed by atoms with van der Waals surface area (Å²) in [6.07, 6.45) is 1.39. The molecule has 1 amide bonds. The van der Waals surface area contributed by atoms with Crippen LogP contribution in [0.4, 0.5) is 0 Å². The van der Waals surface area contributed by atoms with E-state index >= 15 is 0 Å². The Balaban J connectivity index is 1.88. The second-order valence-electron chi connectivity index (χ2n) is 6.95. The second kappa shape index (κ2) is 5.57. The third kappa shape index (κ3) is 3.41. The molecule has 2 aliphatic rings. The molecule has 0 saturated carbocycles. The van der Waals surface area contributed by atoms with Gasteiger partial charge < -0.3 is 15.0 Å². The van der Waals surface area contributed by atoms with Crippen molar-refractivity contribution in [3.63, 3.8) is 0 Å². The van der Waals surface area contributed by atoms with Gasteiger partial charge in [0.2, 0.25) is 10.0 Å². The molecule has 0 spiro atoms. The summed E-state index contributed by atoms with van der Waals surface area (Å²) >= 11 is 0. The van der Waals surface area contributed by atoms with Crippen LogP contribution in [0.15, 0.2) is 0 Å². The quantitative estimate of drug-likeness (QED) is 0.790. The second-order valence-corrected chi connectivity index (χ2v) is 8.94. The van der Waals surface area contributed by atoms with Gasteiger partial charge in [-0.2, -0.15) is 4.31 Å². The minimum Gasteiger partial charge on any atom is -0.368 e. The molecule has 128 valence electrons. The first-order valence-corrected chi connectivity index (χ1v) is 9.44. The van der Waals surface area contributed by atoms with Crippen molar-refractivity contribution in [2.45, 2.75) is 26.4 Å². The minimum atomic E-state index is -3.27. The number of imidazole rings is 1. The number of amides is 1. The van der Waals surface area contributed by atoms with Crippen molar-refractivity contribution in [1.82, 2.24) is 19.6 Å². The maximum atomic E-state index is 12.2. The van der Waals surface area contributed by atoms with E-state index in [-0.39, 0.29) is 17.9 Å². The lowest BCUT2D eigenvalue weighted by atomic mass is 9.88. The molecule has 9 heteroatoms. The Morgan fingerprint density at radius 3 is 2.83 bits per heavy atom. The zero-order valence-corrected chi connectivity index (χ0v) is 14.4. The average Bonchev–Trinajstić information content (AvgIpc) is 2.83. The molecule has 0 unspecified atom stereocenters. The molecule has 0 aromatic carbocycles. The standard InChI is InChI=1S/C14H22N4O4S/c1-14(2)6-9-11(13(19)15-8-14)17-12(16-9)10-7-18(4-5-22-10)23(3,20)21/h10H,4-8H2,1-3H3,(H,15,19)(H,16,17)/t10-/m0/s1. The fourth-order valence-corrected chi connectivity index (χ4v) is 3.75. The molecule has 23 heavy (non-hydrogen) atoms. The summed E-state index contributed by atoms with van der Waals surface area (Å²) < 4.78 is 30.5. The number of hydrogen-bond donors (Lipinski definition) is 2. The summed E-state index contributed by atoms with van der Waals surface area (Å²) in [5, 5.41) is 2.87. The minimum absolute atomic E-state index is 0.0725. The highest BCUT2D eigenvalue weighted by atomic mass is 32.2. The Labute approximate surface area is 135 Å². The van der Waals surface area contributed by atoms with Crippen molar-refractivity contribution in [2.24, 2.45) is 5.41 Å². The van der Waals surface area contributed by atoms with Crippen LogP contribution in [0.2, 0.25) is 0 Å². The molecular formula is C14H22N4O4S. The Kier molecular flexibility index (Phi) is 3.97. The van der Waals surface area contributed by atoms with Crippen LogP contribution in [0, 0.1) is 5.41 Å². The summed E-state index contributed by atoms with van der Waals surface area (Å²) in [4.78, 5) is 19.7. The summed E-state index contributed by atoms with van der Waals surface area (Å²) in [5.41, 5.74) is 1.09. The van der Waals surface area contributed by atoms with Crippen molar-refractivity contribution in [3.05, 3.63) is 17.2 Å². The number of ether oxygens (including phenoxy) is 1. The molecule has 0 aliphatic carbocycles. The third-order valence-corrected chi connectivity index (χ3v) is 5.47. The van der Waals surface area contributed by atoms with Gasteiger partial charge in [-0.15, -0.1) is 0 Å². The first kappa shape index (κ1) is 16.4. The summed E-state index contributed by atoms with van der Waals surface area (Å²) in [6, 6.07) is 0. The first-order chi connectivity index (χ1) is 10.7. The van der Waals surface area contributed by atoms with Crippen LogP contribution in [0.25, 0.3) is 0 Å². The lowest BCUT2D eigenvalue weighted by Crippen LogP contribution is -2.42. The van der Waals surface area contributed by atoms with Crippen molar-refractivity contribution in [1.29, 1.82) is 0 Å². The molecule has 2 aliphatic heterocycles. The largest absolute Gasteiger partial charge is 0.368 e. The van der Waals surface area contributed by atoms with Crippen LogP contribution >= 0.6 is 0 Å². The predicted octanol–water partition coefficient (Wildman–Crippen LogP) is 0.0547. The highest BCUT2D eigenvalue weighted by Gasteiger charge is 2.34. The van der Waals surface area contributed by atoms with Gasteiger partial charge in [-0.3, -0.25) is 4.79 Å². The molecule has 3 rings (SSSR count). The first-order valence-electron chi connectivity index (χ1n) is 7.59. The van der Waals surface area contributed by atoms with Crippen molar-refractivity contribution >= 4 is 15.9 Å². The van der Waals surface area contributed by atoms with Gasteiger partial charge >= 0.3 is 0 Å². The van der Waals surface area contributed by atoms with Gasteiger partial charge in [0.05, 0.1) is 12.9 Å². The Bertz CT molecular complexity index is 725. The van der Waals surface area contributed by atoms with Crippen LogP contribution < -0.4 is 5.32 Å². The monoisotopic (exact) mass is 342 g/mol. The Hall–Kier alpha value is -1.45. The number of carbonyl (C=O) groups excluding carboxylic acids is 1. The van der Waals surface area contributed by atoms with Crippen LogP contribution in [0.5, 0.6) is 0 Å². The van der Waals surface area contributed by atoms with Gasteiger partial charge in [0.15, 0.2) is 0 Å². The number of carbonyl (C=O) groups is 1. The van der Waals surface area contributed by atoms with E-state index in [9.17, 15) is 13.2 Å². The smallest absolute Gasteiger partial charge is 0.271 e. The lowest BCUT2D eigenvalue weighted by Gasteiger charge is -2.30. The van der Waals surface area contributed by atoms with E-state index in [1.165, 1.54) is 10.6 Å². The number of sulfonamides is 1. The fraction of sp³-hybridized carbons (Fsp3) is 0.714. The Morgan fingerprint density at radius 2 is 2.13 bits per heavy atom. The van der Waals surface area contributed by atoms with Crippen LogP contribution in [-0.4, -0.2) is 61.1 Å². The van der Waals surface area contributed by atoms with Crippen molar-refractivity contribution in [3.8, 4) is 0 Å². The number of hydrogen-bond acceptors (Lipinski definition) is 5. The zero-order chi connectivity index (χ0) is 16.8. The number of fused-ring (bicyclic) bond motifs is 1. The van der Waals surface area contributed by atoms with E-state index in [1.54, 1.807) is 0 Å². The molecule has 8 nitrogen and oxygen atoms in total. The Morgan fingerprint density at radius 1 is 1.39 bits per heavy atom. The molecule has 1 saturated heterocycles. The van der Waals surface area contributed by atoms with Crippen LogP contribution in [0.1, 0.15) is 42.0 Å². The van der Waals surface area contributed by atoms with Gasteiger partial charge in [-0.05, 0) is 11.8 Å². The topological polar surface area (TPSA) is 104 Å². The molecule has 1 aromatic rings. The average molecular weight is 342 g/mol. The number of H-pyrrole nitrogens is 1. The maximum absolute atomic E-state index is 12.2. The molecular weight excluding hydrogens is 320 g/mol. The van der Waals surface area contributed by atoms with E-state index in [0.29, 0.717) is 37.6 Å². The highest BCUT2D eigenvalue weighted by molar-refractivity contribution is 7.88. The number of nitrogens with one attached hydrogen (secondary N) is 2. The molecule has 0 radical (unpaired) electrons. The third-order valence-electron chi connectivity index (χ3n) is 4.20. The maximum Gasteiger partial charge on any atom is 0.271 e. The van der Waals surface area contributed by atoms with Gasteiger partial charge in [0.25, 0.3) is 5.91 Å². The van der Waals surface area contributed by atoms with Crippen LogP contribution in [0.3, 0.4) is 0 Å². The summed E-state index contributed by atoms with van der Waals surface area (Å²) in [5.74, 6) is 0.306. The molecule has 2 N–H and O–H groups in total. The molecule has 1 atom stereocenters. The van der Waals surface area contributed by atoms with Gasteiger partial charge in [-0.1, -0.05) is 13.8 Å². The number of nitrogens with zero attached hydrogens (tertiary/aromatic N) is 2. The molecule has 1 aromatic heterocycles. The van der Waals surface area contributed by atoms with Crippen LogP contribution in [-0.2, 0) is 21.2 Å². The van der Waals surface area contributed by atoms with Crippen molar-refractivity contribution in [2.75, 3.05) is 32.5 Å². The van der Waals surface area contributed by atoms with Gasteiger partial charge in [0.1, 0.15) is 17.6 Å². The van der Waals surface area contributed by atoms with Crippen molar-refractivity contribution < 1.29 is 17.9 Å². The predicted molar refractivity (Wildman–Crippen MR) is 83.5 cm³/mol. The van der Waals surface area contributed by atoms with Gasteiger partial charge in [0, 0.05) is 25.3 Å². The van der Waals surface area contributed by atoms with Gasteiger partial charge in [-0.25, -0.2) is 13.4 Å². The van der Waals surface area contributed by atoms with E-state index in [0.717, 1.165) is 5.69 Å². The molecule has 3 heterocycles. The summed E-state index contributed by atoms with van der Waals surface area (Å²) in [7, 11) is -3.27. The van der Waals surface area contributed by atoms with E-state index in [4.69, 9.17) is 4.74 Å². The summed E-state index contributed by atoms with van der Waals surface area (Å²) in [6.45, 7) is 5.59.